The standard InChI is InChI=1S/C42H58O28/c1-17(43)55-13-29(59-21(5)47)33(61-23(7)49)34(30(60-22(6)48)14-56-18(2)44)69-41-40(66-28(12)54)38(64-26(10)52)36(32(68-41)16-58-20(4)46)70-42-39(65-27(11)53)37(63-25(9)51)35(62-24(8)50)31(67-42)15-57-19(3)45/h29-42H,13-16H2,1-12H3/t29-,30+,31?,32?,33+,34-,35+,36+,37?,38?,39+,40+,41+,42-/m0/s1. The van der Waals surface area contributed by atoms with Crippen molar-refractivity contribution >= 4 is 71.6 Å². The Morgan fingerprint density at radius 1 is 0.343 bits per heavy atom. The zero-order valence-electron chi connectivity index (χ0n) is 40.3. The van der Waals surface area contributed by atoms with Crippen molar-refractivity contribution in [2.45, 2.75) is 169 Å². The first-order chi connectivity index (χ1) is 32.6. The van der Waals surface area contributed by atoms with Gasteiger partial charge < -0.3 is 75.8 Å². The molecule has 2 aliphatic heterocycles. The molecule has 2 aliphatic rings. The topological polar surface area (TPSA) is 353 Å². The van der Waals surface area contributed by atoms with E-state index in [0.717, 1.165) is 83.1 Å². The van der Waals surface area contributed by atoms with E-state index >= 15 is 0 Å². The molecule has 0 spiro atoms. The zero-order chi connectivity index (χ0) is 53.2. The lowest BCUT2D eigenvalue weighted by atomic mass is 9.95. The highest BCUT2D eigenvalue weighted by atomic mass is 16.8. The summed E-state index contributed by atoms with van der Waals surface area (Å²) in [6, 6.07) is 0. The summed E-state index contributed by atoms with van der Waals surface area (Å²) < 4.78 is 89.8. The van der Waals surface area contributed by atoms with Crippen molar-refractivity contribution in [1.29, 1.82) is 0 Å². The maximum Gasteiger partial charge on any atom is 0.303 e. The summed E-state index contributed by atoms with van der Waals surface area (Å²) in [4.78, 5) is 150. The Labute approximate surface area is 399 Å². The number of hydrogen-bond acceptors (Lipinski definition) is 28. The highest BCUT2D eigenvalue weighted by molar-refractivity contribution is 5.71. The van der Waals surface area contributed by atoms with Crippen LogP contribution in [0, 0.1) is 0 Å². The lowest BCUT2D eigenvalue weighted by Gasteiger charge is -2.49. The Morgan fingerprint density at radius 2 is 0.671 bits per heavy atom. The molecule has 0 radical (unpaired) electrons. The van der Waals surface area contributed by atoms with Gasteiger partial charge in [0.25, 0.3) is 0 Å². The van der Waals surface area contributed by atoms with Crippen LogP contribution in [0.15, 0.2) is 0 Å². The Kier molecular flexibility index (Phi) is 24.0. The molecule has 28 heteroatoms. The van der Waals surface area contributed by atoms with Gasteiger partial charge in [-0.25, -0.2) is 0 Å². The number of carbonyl (C=O) groups is 12. The fourth-order valence-electron chi connectivity index (χ4n) is 6.88. The Morgan fingerprint density at radius 3 is 1.06 bits per heavy atom. The molecular formula is C42H58O28. The fraction of sp³-hybridized carbons (Fsp3) is 0.714. The van der Waals surface area contributed by atoms with Crippen LogP contribution in [0.3, 0.4) is 0 Å². The number of ether oxygens (including phenoxy) is 16. The van der Waals surface area contributed by atoms with Crippen molar-refractivity contribution in [3.63, 3.8) is 0 Å². The fourth-order valence-corrected chi connectivity index (χ4v) is 6.88. The highest BCUT2D eigenvalue weighted by Crippen LogP contribution is 2.37. The highest BCUT2D eigenvalue weighted by Gasteiger charge is 2.59. The zero-order valence-corrected chi connectivity index (χ0v) is 40.3. The second-order valence-corrected chi connectivity index (χ2v) is 15.2. The molecule has 0 N–H and O–H groups in total. The van der Waals surface area contributed by atoms with Crippen molar-refractivity contribution in [3.05, 3.63) is 0 Å². The summed E-state index contributed by atoms with van der Waals surface area (Å²) in [5, 5.41) is 0. The van der Waals surface area contributed by atoms with Gasteiger partial charge in [-0.2, -0.15) is 0 Å². The predicted molar refractivity (Wildman–Crippen MR) is 218 cm³/mol. The molecule has 0 aromatic rings. The summed E-state index contributed by atoms with van der Waals surface area (Å²) in [5.41, 5.74) is 0. The monoisotopic (exact) mass is 1010 g/mol. The molecule has 0 bridgehead atoms. The second kappa shape index (κ2) is 28.2. The number of carbonyl (C=O) groups excluding carboxylic acids is 12. The lowest BCUT2D eigenvalue weighted by Crippen LogP contribution is -2.68. The summed E-state index contributed by atoms with van der Waals surface area (Å²) >= 11 is 0. The van der Waals surface area contributed by atoms with E-state index in [9.17, 15) is 57.5 Å². The second-order valence-electron chi connectivity index (χ2n) is 15.2. The van der Waals surface area contributed by atoms with Gasteiger partial charge >= 0.3 is 71.6 Å². The maximum atomic E-state index is 13.0. The minimum Gasteiger partial charge on any atom is -0.463 e. The normalized spacial score (nSPS) is 25.5. The molecule has 2 heterocycles. The number of hydrogen-bond donors (Lipinski definition) is 0. The summed E-state index contributed by atoms with van der Waals surface area (Å²) in [5.74, 6) is -12.2. The lowest BCUT2D eigenvalue weighted by molar-refractivity contribution is -0.369. The van der Waals surface area contributed by atoms with Crippen LogP contribution in [0.2, 0.25) is 0 Å². The van der Waals surface area contributed by atoms with E-state index in [1.807, 2.05) is 0 Å². The van der Waals surface area contributed by atoms with Crippen LogP contribution < -0.4 is 0 Å². The predicted octanol–water partition coefficient (Wildman–Crippen LogP) is -1.09. The largest absolute Gasteiger partial charge is 0.463 e. The van der Waals surface area contributed by atoms with E-state index in [0.29, 0.717) is 0 Å². The van der Waals surface area contributed by atoms with Gasteiger partial charge in [0.1, 0.15) is 50.8 Å². The minimum absolute atomic E-state index is 0.720. The van der Waals surface area contributed by atoms with Crippen LogP contribution in [0.1, 0.15) is 83.1 Å². The van der Waals surface area contributed by atoms with Crippen LogP contribution >= 0.6 is 0 Å². The molecule has 2 saturated heterocycles. The molecule has 0 aliphatic carbocycles. The summed E-state index contributed by atoms with van der Waals surface area (Å²) in [6.07, 6.45) is -27.0. The molecule has 70 heavy (non-hydrogen) atoms. The molecule has 0 saturated carbocycles. The molecule has 0 amide bonds. The average Bonchev–Trinajstić information content (AvgIpc) is 3.20. The third-order valence-electron chi connectivity index (χ3n) is 9.07. The Hall–Kier alpha value is -6.52. The van der Waals surface area contributed by atoms with E-state index in [2.05, 4.69) is 0 Å². The molecular weight excluding hydrogens is 952 g/mol. The summed E-state index contributed by atoms with van der Waals surface area (Å²) in [6.45, 7) is 8.01. The van der Waals surface area contributed by atoms with Gasteiger partial charge in [0.05, 0.1) is 0 Å². The molecule has 4 unspecified atom stereocenters. The van der Waals surface area contributed by atoms with E-state index in [1.165, 1.54) is 0 Å². The van der Waals surface area contributed by atoms with E-state index < -0.39 is 184 Å². The molecule has 28 nitrogen and oxygen atoms in total. The molecule has 0 aromatic heterocycles. The van der Waals surface area contributed by atoms with E-state index in [1.54, 1.807) is 0 Å². The van der Waals surface area contributed by atoms with Gasteiger partial charge in [-0.3, -0.25) is 57.5 Å². The molecule has 2 rings (SSSR count). The number of esters is 12. The van der Waals surface area contributed by atoms with Gasteiger partial charge in [-0.1, -0.05) is 0 Å². The Bertz CT molecular complexity index is 1910. The van der Waals surface area contributed by atoms with E-state index in [4.69, 9.17) is 75.8 Å². The van der Waals surface area contributed by atoms with Crippen LogP contribution in [-0.4, -0.2) is 184 Å². The molecule has 14 atom stereocenters. The number of rotatable bonds is 23. The van der Waals surface area contributed by atoms with Crippen LogP contribution in [-0.2, 0) is 133 Å². The minimum atomic E-state index is -2.20. The smallest absolute Gasteiger partial charge is 0.303 e. The first-order valence-electron chi connectivity index (χ1n) is 21.1. The van der Waals surface area contributed by atoms with Crippen molar-refractivity contribution in [3.8, 4) is 0 Å². The van der Waals surface area contributed by atoms with Gasteiger partial charge in [0.2, 0.25) is 0 Å². The first-order valence-corrected chi connectivity index (χ1v) is 21.1. The van der Waals surface area contributed by atoms with E-state index in [-0.39, 0.29) is 0 Å². The molecule has 0 aromatic carbocycles. The van der Waals surface area contributed by atoms with Gasteiger partial charge in [-0.15, -0.1) is 0 Å². The summed E-state index contributed by atoms with van der Waals surface area (Å²) in [7, 11) is 0. The van der Waals surface area contributed by atoms with Gasteiger partial charge in [-0.05, 0) is 0 Å². The third-order valence-corrected chi connectivity index (χ3v) is 9.07. The molecule has 394 valence electrons. The van der Waals surface area contributed by atoms with Gasteiger partial charge in [0.15, 0.2) is 61.4 Å². The van der Waals surface area contributed by atoms with Crippen molar-refractivity contribution < 1.29 is 133 Å². The maximum absolute atomic E-state index is 13.0. The van der Waals surface area contributed by atoms with Crippen molar-refractivity contribution in [2.75, 3.05) is 26.4 Å². The molecule has 2 fully saturated rings. The third kappa shape index (κ3) is 20.2. The average molecular weight is 1010 g/mol. The first kappa shape index (κ1) is 59.6. The Balaban J connectivity index is 3.07. The van der Waals surface area contributed by atoms with Crippen LogP contribution in [0.5, 0.6) is 0 Å². The van der Waals surface area contributed by atoms with Gasteiger partial charge in [0, 0.05) is 83.1 Å². The SMILES string of the molecule is CC(=O)OCC1O[C@@H](O[C@@H]2C(COC(C)=O)O[C@H](O[C@H]([C@H](OC(C)=O)[C@H](COC(C)=O)OC(C)=O)[C@@H](COC(C)=O)OC(C)=O)[C@H](OC(C)=O)C2OC(C)=O)[C@H](OC(C)=O)C(OC(C)=O)[C@@H]1OC(C)=O. The van der Waals surface area contributed by atoms with Crippen LogP contribution in [0.25, 0.3) is 0 Å². The quantitative estimate of drug-likeness (QED) is 0.0867. The van der Waals surface area contributed by atoms with Crippen molar-refractivity contribution in [1.82, 2.24) is 0 Å². The van der Waals surface area contributed by atoms with Crippen LogP contribution in [0.4, 0.5) is 0 Å². The van der Waals surface area contributed by atoms with Crippen molar-refractivity contribution in [2.24, 2.45) is 0 Å².